The Hall–Kier alpha value is -4.00. The molecule has 2 fully saturated rings. The maximum Gasteiger partial charge on any atom is 0.260 e. The maximum absolute atomic E-state index is 14.6. The molecule has 1 N–H and O–H groups in total. The zero-order valence-electron chi connectivity index (χ0n) is 21.3. The molecule has 6 rings (SSSR count). The minimum absolute atomic E-state index is 0.161. The number of aromatic amines is 1. The topological polar surface area (TPSA) is 86.2 Å². The van der Waals surface area contributed by atoms with Gasteiger partial charge in [0.1, 0.15) is 29.3 Å². The van der Waals surface area contributed by atoms with Gasteiger partial charge in [-0.05, 0) is 18.9 Å². The fourth-order valence-electron chi connectivity index (χ4n) is 5.34. The standard InChI is InChI=1S/C26H25F4N8O/c1-35(2)24-21(29)19(27)18(20(28)22(24)30)26(39)36-7-4-15(5-8-36)37-11-16(12-37)38-10-14(9-34-38)23-17-3-6-31-25(17)33-13-32-23/h3,6,9-10,13,15H,4-5,7-8,11-12H2,1-2H3,(H,31,32,33). The van der Waals surface area contributed by atoms with E-state index in [-0.39, 0.29) is 19.1 Å². The van der Waals surface area contributed by atoms with Crippen LogP contribution in [0.25, 0.3) is 22.3 Å². The number of H-pyrrole nitrogens is 1. The summed E-state index contributed by atoms with van der Waals surface area (Å²) in [5, 5.41) is 5.41. The van der Waals surface area contributed by atoms with Gasteiger partial charge in [0.2, 0.25) is 0 Å². The number of anilines is 1. The molecule has 39 heavy (non-hydrogen) atoms. The first-order valence-electron chi connectivity index (χ1n) is 12.5. The summed E-state index contributed by atoms with van der Waals surface area (Å²) >= 11 is 0. The normalized spacial score (nSPS) is 17.1. The number of hydrogen-bond acceptors (Lipinski definition) is 6. The van der Waals surface area contributed by atoms with E-state index in [0.29, 0.717) is 25.9 Å². The highest BCUT2D eigenvalue weighted by Crippen LogP contribution is 2.33. The van der Waals surface area contributed by atoms with Crippen LogP contribution in [0.4, 0.5) is 23.2 Å². The van der Waals surface area contributed by atoms with Crippen LogP contribution in [0.3, 0.4) is 0 Å². The first-order valence-corrected chi connectivity index (χ1v) is 12.5. The van der Waals surface area contributed by atoms with Gasteiger partial charge in [-0.25, -0.2) is 27.5 Å². The number of aromatic nitrogens is 5. The number of halogens is 4. The highest BCUT2D eigenvalue weighted by Gasteiger charge is 2.39. The average molecular weight is 542 g/mol. The summed E-state index contributed by atoms with van der Waals surface area (Å²) in [5.41, 5.74) is 0.385. The third-order valence-corrected chi connectivity index (χ3v) is 7.47. The third-order valence-electron chi connectivity index (χ3n) is 7.47. The third kappa shape index (κ3) is 4.20. The van der Waals surface area contributed by atoms with E-state index in [4.69, 9.17) is 0 Å². The molecule has 5 heterocycles. The van der Waals surface area contributed by atoms with Gasteiger partial charge in [0, 0.05) is 69.7 Å². The molecule has 1 aromatic carbocycles. The lowest BCUT2D eigenvalue weighted by Crippen LogP contribution is -2.56. The molecular formula is C26H25F4N8O. The lowest BCUT2D eigenvalue weighted by molar-refractivity contribution is 0.0506. The van der Waals surface area contributed by atoms with Crippen molar-refractivity contribution < 1.29 is 22.4 Å². The Kier molecular flexibility index (Phi) is 6.25. The van der Waals surface area contributed by atoms with Crippen LogP contribution < -0.4 is 4.90 Å². The molecule has 13 heteroatoms. The second-order valence-corrected chi connectivity index (χ2v) is 10.0. The van der Waals surface area contributed by atoms with E-state index in [1.807, 2.05) is 23.1 Å². The molecule has 1 amide bonds. The van der Waals surface area contributed by atoms with Gasteiger partial charge in [-0.15, -0.1) is 0 Å². The number of likely N-dealkylation sites (tertiary alicyclic amines) is 2. The van der Waals surface area contributed by atoms with Crippen molar-refractivity contribution >= 4 is 22.6 Å². The zero-order valence-corrected chi connectivity index (χ0v) is 21.3. The zero-order chi connectivity index (χ0) is 27.4. The predicted molar refractivity (Wildman–Crippen MR) is 135 cm³/mol. The number of carbonyl (C=O) groups excluding carboxylic acids is 1. The highest BCUT2D eigenvalue weighted by atomic mass is 19.2. The molecule has 0 atom stereocenters. The van der Waals surface area contributed by atoms with E-state index >= 15 is 0 Å². The number of fused-ring (bicyclic) bond motifs is 1. The van der Waals surface area contributed by atoms with Crippen LogP contribution in [0.2, 0.25) is 0 Å². The van der Waals surface area contributed by atoms with Gasteiger partial charge in [0.05, 0.1) is 11.9 Å². The molecule has 203 valence electrons. The lowest BCUT2D eigenvalue weighted by atomic mass is 9.97. The number of amides is 1. The van der Waals surface area contributed by atoms with Gasteiger partial charge in [-0.1, -0.05) is 0 Å². The Morgan fingerprint density at radius 3 is 2.38 bits per heavy atom. The van der Waals surface area contributed by atoms with Crippen molar-refractivity contribution in [2.45, 2.75) is 18.9 Å². The number of carbonyl (C=O) groups is 1. The van der Waals surface area contributed by atoms with Crippen LogP contribution in [0.15, 0.2) is 31.0 Å². The molecule has 0 saturated carbocycles. The lowest BCUT2D eigenvalue weighted by Gasteiger charge is -2.46. The van der Waals surface area contributed by atoms with E-state index in [1.54, 1.807) is 6.20 Å². The molecule has 0 unspecified atom stereocenters. The number of benzene rings is 1. The minimum atomic E-state index is -1.68. The monoisotopic (exact) mass is 541 g/mol. The van der Waals surface area contributed by atoms with Crippen molar-refractivity contribution in [3.05, 3.63) is 65.9 Å². The molecule has 4 aromatic rings. The van der Waals surface area contributed by atoms with E-state index in [9.17, 15) is 22.4 Å². The molecule has 9 nitrogen and oxygen atoms in total. The Balaban J connectivity index is 1.07. The van der Waals surface area contributed by atoms with E-state index < -0.39 is 40.4 Å². The Bertz CT molecular complexity index is 1520. The number of rotatable bonds is 5. The van der Waals surface area contributed by atoms with Crippen molar-refractivity contribution in [2.24, 2.45) is 0 Å². The minimum Gasteiger partial charge on any atom is -0.373 e. The predicted octanol–water partition coefficient (Wildman–Crippen LogP) is 3.44. The Morgan fingerprint density at radius 2 is 1.72 bits per heavy atom. The van der Waals surface area contributed by atoms with E-state index in [0.717, 1.165) is 33.2 Å². The van der Waals surface area contributed by atoms with Gasteiger partial charge < -0.3 is 14.8 Å². The van der Waals surface area contributed by atoms with Crippen LogP contribution in [-0.4, -0.2) is 86.8 Å². The van der Waals surface area contributed by atoms with Gasteiger partial charge in [0.25, 0.3) is 5.91 Å². The fourth-order valence-corrected chi connectivity index (χ4v) is 5.34. The van der Waals surface area contributed by atoms with Gasteiger partial charge in [-0.3, -0.25) is 14.4 Å². The number of nitrogens with zero attached hydrogens (tertiary/aromatic N) is 7. The van der Waals surface area contributed by atoms with Crippen LogP contribution in [-0.2, 0) is 0 Å². The van der Waals surface area contributed by atoms with Crippen LogP contribution in [0.5, 0.6) is 0 Å². The van der Waals surface area contributed by atoms with Gasteiger partial charge in [-0.2, -0.15) is 5.10 Å². The molecule has 0 bridgehead atoms. The van der Waals surface area contributed by atoms with E-state index in [1.165, 1.54) is 25.3 Å². The summed E-state index contributed by atoms with van der Waals surface area (Å²) in [6.07, 6.45) is 8.17. The maximum atomic E-state index is 14.6. The second kappa shape index (κ2) is 9.63. The van der Waals surface area contributed by atoms with Crippen LogP contribution >= 0.6 is 0 Å². The van der Waals surface area contributed by atoms with Crippen molar-refractivity contribution in [1.29, 1.82) is 0 Å². The quantitative estimate of drug-likeness (QED) is 0.308. The highest BCUT2D eigenvalue weighted by molar-refractivity contribution is 5.95. The van der Waals surface area contributed by atoms with Crippen molar-refractivity contribution in [3.63, 3.8) is 0 Å². The van der Waals surface area contributed by atoms with Crippen molar-refractivity contribution in [2.75, 3.05) is 45.2 Å². The summed E-state index contributed by atoms with van der Waals surface area (Å²) < 4.78 is 59.9. The van der Waals surface area contributed by atoms with Crippen molar-refractivity contribution in [1.82, 2.24) is 34.5 Å². The molecule has 3 aromatic heterocycles. The van der Waals surface area contributed by atoms with Gasteiger partial charge >= 0.3 is 0 Å². The number of nitrogens with one attached hydrogen (secondary N) is 1. The largest absolute Gasteiger partial charge is 0.373 e. The molecule has 0 spiro atoms. The molecule has 1 radical (unpaired) electrons. The van der Waals surface area contributed by atoms with Crippen molar-refractivity contribution in [3.8, 4) is 11.3 Å². The summed E-state index contributed by atoms with van der Waals surface area (Å²) in [5.74, 6) is -7.57. The molecular weight excluding hydrogens is 516 g/mol. The number of hydrogen-bond donors (Lipinski definition) is 1. The SMILES string of the molecule is CN(C)c1c(F)c(F)c(C(=O)N2CCC(N3C[C](n4cc(-c5ncnc6[nH]ccc56)cn4)C3)CC2)c(F)c1F. The van der Waals surface area contributed by atoms with E-state index in [2.05, 4.69) is 25.0 Å². The molecule has 2 aliphatic heterocycles. The van der Waals surface area contributed by atoms with Crippen LogP contribution in [0.1, 0.15) is 23.2 Å². The summed E-state index contributed by atoms with van der Waals surface area (Å²) in [4.78, 5) is 29.0. The average Bonchev–Trinajstić information content (AvgIpc) is 3.57. The number of piperidine rings is 1. The fraction of sp³-hybridized carbons (Fsp3) is 0.346. The molecule has 0 aliphatic carbocycles. The first kappa shape index (κ1) is 25.3. The summed E-state index contributed by atoms with van der Waals surface area (Å²) in [7, 11) is 2.52. The Labute approximate surface area is 221 Å². The van der Waals surface area contributed by atoms with Gasteiger partial charge in [0.15, 0.2) is 23.3 Å². The smallest absolute Gasteiger partial charge is 0.260 e. The first-order chi connectivity index (χ1) is 18.7. The summed E-state index contributed by atoms with van der Waals surface area (Å²) in [6, 6.07) is 3.19. The molecule has 2 aliphatic rings. The summed E-state index contributed by atoms with van der Waals surface area (Å²) in [6.45, 7) is 1.82. The second-order valence-electron chi connectivity index (χ2n) is 10.0. The molecule has 2 saturated heterocycles. The Morgan fingerprint density at radius 1 is 1.03 bits per heavy atom. The van der Waals surface area contributed by atoms with Crippen LogP contribution in [0, 0.1) is 29.3 Å².